The molecule has 2 N–H and O–H groups in total. The van der Waals surface area contributed by atoms with Gasteiger partial charge in [0.25, 0.3) is 5.92 Å². The molecule has 1 fully saturated rings. The van der Waals surface area contributed by atoms with Crippen LogP contribution in [0.3, 0.4) is 0 Å². The highest BCUT2D eigenvalue weighted by Gasteiger charge is 2.77. The molecule has 1 saturated carbocycles. The molecule has 0 amide bonds. The minimum atomic E-state index is -3.20. The second-order valence-electron chi connectivity index (χ2n) is 4.48. The highest BCUT2D eigenvalue weighted by atomic mass is 35.5. The minimum Gasteiger partial charge on any atom is -0.480 e. The average molecular weight is 272 g/mol. The van der Waals surface area contributed by atoms with E-state index in [4.69, 9.17) is 16.7 Å². The number of benzene rings is 1. The summed E-state index contributed by atoms with van der Waals surface area (Å²) in [7, 11) is 0. The van der Waals surface area contributed by atoms with Crippen LogP contribution in [-0.4, -0.2) is 22.0 Å². The molecule has 1 atom stereocenters. The molecular formula is C12H8ClF2NO2. The summed E-state index contributed by atoms with van der Waals surface area (Å²) in [6.07, 6.45) is 0.668. The van der Waals surface area contributed by atoms with Gasteiger partial charge in [0.2, 0.25) is 0 Å². The molecule has 94 valence electrons. The van der Waals surface area contributed by atoms with Crippen molar-refractivity contribution < 1.29 is 18.7 Å². The van der Waals surface area contributed by atoms with Crippen LogP contribution in [0.2, 0.25) is 5.02 Å². The summed E-state index contributed by atoms with van der Waals surface area (Å²) in [5.41, 5.74) is -1.42. The van der Waals surface area contributed by atoms with Gasteiger partial charge in [0.15, 0.2) is 5.41 Å². The lowest BCUT2D eigenvalue weighted by Gasteiger charge is -2.10. The SMILES string of the molecule is O=C(O)C1(c2c[nH]c3cc(Cl)ccc23)CC1(F)F. The van der Waals surface area contributed by atoms with Crippen LogP contribution in [0.1, 0.15) is 12.0 Å². The van der Waals surface area contributed by atoms with Crippen LogP contribution in [-0.2, 0) is 10.2 Å². The van der Waals surface area contributed by atoms with Crippen LogP contribution >= 0.6 is 11.6 Å². The molecule has 1 unspecified atom stereocenters. The van der Waals surface area contributed by atoms with Crippen molar-refractivity contribution in [3.8, 4) is 0 Å². The predicted octanol–water partition coefficient (Wildman–Crippen LogP) is 3.18. The summed E-state index contributed by atoms with van der Waals surface area (Å²) in [6, 6.07) is 4.69. The second-order valence-corrected chi connectivity index (χ2v) is 4.92. The number of rotatable bonds is 2. The van der Waals surface area contributed by atoms with E-state index in [1.165, 1.54) is 6.20 Å². The molecule has 0 aliphatic heterocycles. The number of fused-ring (bicyclic) bond motifs is 1. The number of hydrogen-bond acceptors (Lipinski definition) is 1. The van der Waals surface area contributed by atoms with Gasteiger partial charge in [-0.3, -0.25) is 4.79 Å². The standard InChI is InChI=1S/C12H8ClF2NO2/c13-6-1-2-7-8(4-16-9(7)3-6)11(10(17)18)5-12(11,14)15/h1-4,16H,5H2,(H,17,18). The van der Waals surface area contributed by atoms with Gasteiger partial charge in [-0.2, -0.15) is 0 Å². The number of H-pyrrole nitrogens is 1. The Morgan fingerprint density at radius 1 is 1.44 bits per heavy atom. The molecule has 1 aliphatic rings. The summed E-state index contributed by atoms with van der Waals surface area (Å²) in [4.78, 5) is 14.0. The number of aromatic nitrogens is 1. The second kappa shape index (κ2) is 3.23. The Morgan fingerprint density at radius 2 is 2.11 bits per heavy atom. The van der Waals surface area contributed by atoms with Crippen molar-refractivity contribution in [2.75, 3.05) is 0 Å². The first kappa shape index (κ1) is 11.5. The molecule has 3 nitrogen and oxygen atoms in total. The highest BCUT2D eigenvalue weighted by Crippen LogP contribution is 2.62. The first-order valence-electron chi connectivity index (χ1n) is 5.27. The lowest BCUT2D eigenvalue weighted by atomic mass is 9.95. The Bertz CT molecular complexity index is 667. The van der Waals surface area contributed by atoms with Crippen molar-refractivity contribution in [1.82, 2.24) is 4.98 Å². The van der Waals surface area contributed by atoms with Crippen molar-refractivity contribution in [3.63, 3.8) is 0 Å². The maximum Gasteiger partial charge on any atom is 0.320 e. The van der Waals surface area contributed by atoms with Gasteiger partial charge < -0.3 is 10.1 Å². The Balaban J connectivity index is 2.24. The summed E-state index contributed by atoms with van der Waals surface area (Å²) in [5, 5.41) is 10.0. The third-order valence-corrected chi connectivity index (χ3v) is 3.69. The van der Waals surface area contributed by atoms with Gasteiger partial charge in [0.1, 0.15) is 0 Å². The Labute approximate surface area is 105 Å². The highest BCUT2D eigenvalue weighted by molar-refractivity contribution is 6.31. The molecule has 18 heavy (non-hydrogen) atoms. The van der Waals surface area contributed by atoms with E-state index in [0.717, 1.165) is 0 Å². The Morgan fingerprint density at radius 3 is 2.67 bits per heavy atom. The van der Waals surface area contributed by atoms with E-state index in [0.29, 0.717) is 15.9 Å². The zero-order valence-corrected chi connectivity index (χ0v) is 9.76. The molecule has 1 aromatic carbocycles. The van der Waals surface area contributed by atoms with E-state index in [2.05, 4.69) is 4.98 Å². The van der Waals surface area contributed by atoms with Crippen molar-refractivity contribution in [3.05, 3.63) is 35.0 Å². The number of aromatic amines is 1. The van der Waals surface area contributed by atoms with E-state index in [9.17, 15) is 13.6 Å². The van der Waals surface area contributed by atoms with Gasteiger partial charge in [-0.25, -0.2) is 8.78 Å². The number of carboxylic acid groups (broad SMARTS) is 1. The monoisotopic (exact) mass is 271 g/mol. The number of alkyl halides is 2. The topological polar surface area (TPSA) is 53.1 Å². The molecule has 1 aliphatic carbocycles. The molecule has 1 aromatic heterocycles. The van der Waals surface area contributed by atoms with Gasteiger partial charge >= 0.3 is 5.97 Å². The van der Waals surface area contributed by atoms with Crippen LogP contribution in [0.4, 0.5) is 8.78 Å². The summed E-state index contributed by atoms with van der Waals surface area (Å²) in [5.74, 6) is -4.70. The van der Waals surface area contributed by atoms with Crippen molar-refractivity contribution in [2.24, 2.45) is 0 Å². The van der Waals surface area contributed by atoms with Gasteiger partial charge in [-0.05, 0) is 12.1 Å². The average Bonchev–Trinajstić information content (AvgIpc) is 2.67. The van der Waals surface area contributed by atoms with Gasteiger partial charge in [-0.1, -0.05) is 17.7 Å². The third kappa shape index (κ3) is 1.25. The molecule has 0 radical (unpaired) electrons. The van der Waals surface area contributed by atoms with Crippen molar-refractivity contribution >= 4 is 28.5 Å². The summed E-state index contributed by atoms with van der Waals surface area (Å²) in [6.45, 7) is 0. The lowest BCUT2D eigenvalue weighted by Crippen LogP contribution is -2.26. The first-order chi connectivity index (χ1) is 8.38. The fourth-order valence-electron chi connectivity index (χ4n) is 2.38. The zero-order valence-electron chi connectivity index (χ0n) is 9.01. The van der Waals surface area contributed by atoms with E-state index in [-0.39, 0.29) is 5.56 Å². The van der Waals surface area contributed by atoms with Gasteiger partial charge in [-0.15, -0.1) is 0 Å². The maximum absolute atomic E-state index is 13.5. The number of carbonyl (C=O) groups is 1. The number of aliphatic carboxylic acids is 1. The normalized spacial score (nSPS) is 25.3. The molecule has 0 spiro atoms. The van der Waals surface area contributed by atoms with E-state index in [1.54, 1.807) is 18.2 Å². The number of nitrogens with one attached hydrogen (secondary N) is 1. The fourth-order valence-corrected chi connectivity index (χ4v) is 2.55. The lowest BCUT2D eigenvalue weighted by molar-refractivity contribution is -0.142. The minimum absolute atomic E-state index is 0.117. The molecule has 3 rings (SSSR count). The van der Waals surface area contributed by atoms with Crippen LogP contribution in [0.5, 0.6) is 0 Å². The van der Waals surface area contributed by atoms with E-state index >= 15 is 0 Å². The van der Waals surface area contributed by atoms with Gasteiger partial charge in [0, 0.05) is 34.1 Å². The fraction of sp³-hybridized carbons (Fsp3) is 0.250. The number of carboxylic acids is 1. The zero-order chi connectivity index (χ0) is 13.1. The summed E-state index contributed by atoms with van der Waals surface area (Å²) >= 11 is 5.79. The smallest absolute Gasteiger partial charge is 0.320 e. The predicted molar refractivity (Wildman–Crippen MR) is 62.2 cm³/mol. The van der Waals surface area contributed by atoms with Crippen LogP contribution in [0.25, 0.3) is 10.9 Å². The van der Waals surface area contributed by atoms with Crippen LogP contribution < -0.4 is 0 Å². The number of hydrogen-bond donors (Lipinski definition) is 2. The van der Waals surface area contributed by atoms with Crippen LogP contribution in [0.15, 0.2) is 24.4 Å². The maximum atomic E-state index is 13.5. The van der Waals surface area contributed by atoms with E-state index in [1.807, 2.05) is 0 Å². The first-order valence-corrected chi connectivity index (χ1v) is 5.65. The summed E-state index contributed by atoms with van der Waals surface area (Å²) < 4.78 is 26.9. The molecule has 2 aromatic rings. The molecule has 6 heteroatoms. The van der Waals surface area contributed by atoms with Crippen molar-refractivity contribution in [2.45, 2.75) is 17.8 Å². The molecule has 0 bridgehead atoms. The largest absolute Gasteiger partial charge is 0.480 e. The molecule has 1 heterocycles. The molecule has 0 saturated heterocycles. The quantitative estimate of drug-likeness (QED) is 0.881. The number of halogens is 3. The molecular weight excluding hydrogens is 264 g/mol. The van der Waals surface area contributed by atoms with Crippen molar-refractivity contribution in [1.29, 1.82) is 0 Å². The van der Waals surface area contributed by atoms with E-state index < -0.39 is 23.7 Å². The van der Waals surface area contributed by atoms with Gasteiger partial charge in [0.05, 0.1) is 0 Å². The van der Waals surface area contributed by atoms with Crippen LogP contribution in [0, 0.1) is 0 Å². The Hall–Kier alpha value is -1.62. The third-order valence-electron chi connectivity index (χ3n) is 3.46. The Kier molecular flexibility index (Phi) is 2.06.